The molecule has 0 spiro atoms. The highest BCUT2D eigenvalue weighted by Crippen LogP contribution is 2.38. The normalized spacial score (nSPS) is 18.9. The number of halogens is 1. The minimum Gasteiger partial charge on any atom is -0.487 e. The van der Waals surface area contributed by atoms with Gasteiger partial charge in [0.2, 0.25) is 0 Å². The molecule has 1 aromatic carbocycles. The molecular weight excluding hydrogens is 276 g/mol. The predicted octanol–water partition coefficient (Wildman–Crippen LogP) is 4.88. The molecular formula is C15H21BrO. The number of rotatable bonds is 3. The Labute approximate surface area is 113 Å². The van der Waals surface area contributed by atoms with Crippen molar-refractivity contribution in [3.8, 4) is 5.75 Å². The molecule has 0 aromatic heterocycles. The molecule has 0 amide bonds. The van der Waals surface area contributed by atoms with E-state index < -0.39 is 0 Å². The molecule has 2 heteroatoms. The number of ether oxygens (including phenoxy) is 1. The largest absolute Gasteiger partial charge is 0.487 e. The SMILES string of the molecule is CC(C)CC(Br)c1ccc2c(c1)CC(C)(C)O2. The lowest BCUT2D eigenvalue weighted by molar-refractivity contribution is 0.138. The van der Waals surface area contributed by atoms with Gasteiger partial charge in [-0.15, -0.1) is 0 Å². The number of hydrogen-bond acceptors (Lipinski definition) is 1. The molecule has 1 nitrogen and oxygen atoms in total. The van der Waals surface area contributed by atoms with Gasteiger partial charge in [-0.1, -0.05) is 41.9 Å². The quantitative estimate of drug-likeness (QED) is 0.722. The summed E-state index contributed by atoms with van der Waals surface area (Å²) >= 11 is 3.78. The minimum atomic E-state index is -0.0409. The van der Waals surface area contributed by atoms with E-state index in [-0.39, 0.29) is 5.60 Å². The molecule has 17 heavy (non-hydrogen) atoms. The molecule has 2 rings (SSSR count). The Kier molecular flexibility index (Phi) is 3.53. The van der Waals surface area contributed by atoms with Gasteiger partial charge in [0.1, 0.15) is 11.4 Å². The van der Waals surface area contributed by atoms with E-state index in [4.69, 9.17) is 4.74 Å². The summed E-state index contributed by atoms with van der Waals surface area (Å²) in [5, 5.41) is 0. The number of hydrogen-bond donors (Lipinski definition) is 0. The molecule has 94 valence electrons. The molecule has 1 unspecified atom stereocenters. The summed E-state index contributed by atoms with van der Waals surface area (Å²) in [6.45, 7) is 8.81. The van der Waals surface area contributed by atoms with Crippen molar-refractivity contribution in [3.63, 3.8) is 0 Å². The van der Waals surface area contributed by atoms with Crippen molar-refractivity contribution in [2.75, 3.05) is 0 Å². The van der Waals surface area contributed by atoms with Gasteiger partial charge in [0.05, 0.1) is 0 Å². The lowest BCUT2D eigenvalue weighted by Crippen LogP contribution is -2.24. The molecule has 0 radical (unpaired) electrons. The van der Waals surface area contributed by atoms with Gasteiger partial charge >= 0.3 is 0 Å². The fourth-order valence-electron chi connectivity index (χ4n) is 2.37. The summed E-state index contributed by atoms with van der Waals surface area (Å²) in [4.78, 5) is 0.455. The standard InChI is InChI=1S/C15H21BrO/c1-10(2)7-13(16)11-5-6-14-12(8-11)9-15(3,4)17-14/h5-6,8,10,13H,7,9H2,1-4H3. The summed E-state index contributed by atoms with van der Waals surface area (Å²) < 4.78 is 5.89. The van der Waals surface area contributed by atoms with Gasteiger partial charge < -0.3 is 4.74 Å². The molecule has 1 aliphatic rings. The second kappa shape index (κ2) is 4.64. The van der Waals surface area contributed by atoms with Crippen molar-refractivity contribution in [1.82, 2.24) is 0 Å². The topological polar surface area (TPSA) is 9.23 Å². The third kappa shape index (κ3) is 3.04. The zero-order valence-corrected chi connectivity index (χ0v) is 12.7. The summed E-state index contributed by atoms with van der Waals surface area (Å²) in [6.07, 6.45) is 2.18. The zero-order valence-electron chi connectivity index (χ0n) is 11.1. The monoisotopic (exact) mass is 296 g/mol. The highest BCUT2D eigenvalue weighted by atomic mass is 79.9. The summed E-state index contributed by atoms with van der Waals surface area (Å²) in [5.41, 5.74) is 2.68. The van der Waals surface area contributed by atoms with Crippen LogP contribution in [0.4, 0.5) is 0 Å². The van der Waals surface area contributed by atoms with Gasteiger partial charge in [-0.3, -0.25) is 0 Å². The fraction of sp³-hybridized carbons (Fsp3) is 0.600. The Morgan fingerprint density at radius 1 is 1.35 bits per heavy atom. The molecule has 0 aliphatic carbocycles. The lowest BCUT2D eigenvalue weighted by atomic mass is 9.97. The first-order chi connectivity index (χ1) is 7.87. The second-order valence-corrected chi connectivity index (χ2v) is 7.11. The van der Waals surface area contributed by atoms with E-state index in [0.717, 1.165) is 12.2 Å². The maximum atomic E-state index is 5.89. The van der Waals surface area contributed by atoms with Crippen molar-refractivity contribution < 1.29 is 4.74 Å². The van der Waals surface area contributed by atoms with E-state index in [2.05, 4.69) is 61.8 Å². The predicted molar refractivity (Wildman–Crippen MR) is 76.0 cm³/mol. The number of fused-ring (bicyclic) bond motifs is 1. The van der Waals surface area contributed by atoms with Crippen LogP contribution in [0.3, 0.4) is 0 Å². The van der Waals surface area contributed by atoms with Crippen molar-refractivity contribution in [2.24, 2.45) is 5.92 Å². The maximum absolute atomic E-state index is 5.89. The van der Waals surface area contributed by atoms with Gasteiger partial charge in [0.15, 0.2) is 0 Å². The molecule has 1 atom stereocenters. The Bertz CT molecular complexity index is 409. The van der Waals surface area contributed by atoms with E-state index >= 15 is 0 Å². The third-order valence-electron chi connectivity index (χ3n) is 3.13. The molecule has 1 heterocycles. The van der Waals surface area contributed by atoms with Crippen LogP contribution in [-0.2, 0) is 6.42 Å². The summed E-state index contributed by atoms with van der Waals surface area (Å²) in [7, 11) is 0. The highest BCUT2D eigenvalue weighted by molar-refractivity contribution is 9.09. The highest BCUT2D eigenvalue weighted by Gasteiger charge is 2.30. The maximum Gasteiger partial charge on any atom is 0.123 e. The zero-order chi connectivity index (χ0) is 12.6. The second-order valence-electron chi connectivity index (χ2n) is 6.00. The van der Waals surface area contributed by atoms with E-state index in [1.165, 1.54) is 17.5 Å². The summed E-state index contributed by atoms with van der Waals surface area (Å²) in [6, 6.07) is 6.60. The molecule has 0 fully saturated rings. The van der Waals surface area contributed by atoms with Crippen LogP contribution in [0.1, 0.15) is 50.1 Å². The molecule has 0 bridgehead atoms. The van der Waals surface area contributed by atoms with Crippen LogP contribution >= 0.6 is 15.9 Å². The Morgan fingerprint density at radius 3 is 2.71 bits per heavy atom. The van der Waals surface area contributed by atoms with Crippen LogP contribution in [0.15, 0.2) is 18.2 Å². The Hall–Kier alpha value is -0.500. The van der Waals surface area contributed by atoms with Gasteiger partial charge in [-0.05, 0) is 43.4 Å². The molecule has 0 saturated carbocycles. The summed E-state index contributed by atoms with van der Waals surface area (Å²) in [5.74, 6) is 1.77. The van der Waals surface area contributed by atoms with Crippen LogP contribution in [0.5, 0.6) is 5.75 Å². The number of benzene rings is 1. The van der Waals surface area contributed by atoms with E-state index in [0.29, 0.717) is 10.7 Å². The van der Waals surface area contributed by atoms with E-state index in [1.54, 1.807) is 0 Å². The lowest BCUT2D eigenvalue weighted by Gasteiger charge is -2.16. The number of alkyl halides is 1. The minimum absolute atomic E-state index is 0.0409. The average molecular weight is 297 g/mol. The smallest absolute Gasteiger partial charge is 0.123 e. The van der Waals surface area contributed by atoms with Gasteiger partial charge in [0.25, 0.3) is 0 Å². The van der Waals surface area contributed by atoms with Crippen molar-refractivity contribution in [1.29, 1.82) is 0 Å². The molecule has 0 N–H and O–H groups in total. The van der Waals surface area contributed by atoms with Crippen LogP contribution in [0.25, 0.3) is 0 Å². The molecule has 1 aliphatic heterocycles. The first-order valence-electron chi connectivity index (χ1n) is 6.33. The van der Waals surface area contributed by atoms with Crippen LogP contribution in [0.2, 0.25) is 0 Å². The van der Waals surface area contributed by atoms with Crippen LogP contribution < -0.4 is 4.74 Å². The molecule has 0 saturated heterocycles. The third-order valence-corrected chi connectivity index (χ3v) is 4.03. The Balaban J connectivity index is 2.19. The first-order valence-corrected chi connectivity index (χ1v) is 7.25. The van der Waals surface area contributed by atoms with Gasteiger partial charge in [-0.25, -0.2) is 0 Å². The van der Waals surface area contributed by atoms with Crippen molar-refractivity contribution >= 4 is 15.9 Å². The van der Waals surface area contributed by atoms with Gasteiger partial charge in [-0.2, -0.15) is 0 Å². The van der Waals surface area contributed by atoms with Crippen molar-refractivity contribution in [2.45, 2.75) is 51.0 Å². The van der Waals surface area contributed by atoms with E-state index in [1.807, 2.05) is 0 Å². The first kappa shape index (κ1) is 12.9. The fourth-order valence-corrected chi connectivity index (χ4v) is 3.41. The Morgan fingerprint density at radius 2 is 2.06 bits per heavy atom. The van der Waals surface area contributed by atoms with Gasteiger partial charge in [0, 0.05) is 11.2 Å². The molecule has 1 aromatic rings. The van der Waals surface area contributed by atoms with Crippen LogP contribution in [0, 0.1) is 5.92 Å². The van der Waals surface area contributed by atoms with Crippen molar-refractivity contribution in [3.05, 3.63) is 29.3 Å². The van der Waals surface area contributed by atoms with Crippen LogP contribution in [-0.4, -0.2) is 5.60 Å². The van der Waals surface area contributed by atoms with E-state index in [9.17, 15) is 0 Å². The average Bonchev–Trinajstić information content (AvgIpc) is 2.48.